The molecule has 3 aromatic carbocycles. The number of hydrogen-bond acceptors (Lipinski definition) is 5. The van der Waals surface area contributed by atoms with Gasteiger partial charge in [-0.1, -0.05) is 29.8 Å². The summed E-state index contributed by atoms with van der Waals surface area (Å²) in [5.74, 6) is 0.234. The highest BCUT2D eigenvalue weighted by atomic mass is 79.9. The normalized spacial score (nSPS) is 12.2. The molecule has 1 aromatic heterocycles. The van der Waals surface area contributed by atoms with Crippen LogP contribution in [0.25, 0.3) is 10.9 Å². The number of anilines is 1. The van der Waals surface area contributed by atoms with Crippen molar-refractivity contribution in [2.75, 3.05) is 11.9 Å². The molecule has 0 fully saturated rings. The van der Waals surface area contributed by atoms with E-state index in [-0.39, 0.29) is 23.9 Å². The quantitative estimate of drug-likeness (QED) is 0.196. The zero-order chi connectivity index (χ0) is 27.4. The lowest BCUT2D eigenvalue weighted by molar-refractivity contribution is -0.118. The summed E-state index contributed by atoms with van der Waals surface area (Å²) >= 11 is 10.4. The number of hydrogen-bond donors (Lipinski definition) is 1. The van der Waals surface area contributed by atoms with E-state index in [1.54, 1.807) is 24.4 Å². The monoisotopic (exact) mass is 706 g/mol. The van der Waals surface area contributed by atoms with Crippen molar-refractivity contribution in [2.45, 2.75) is 26.2 Å². The Morgan fingerprint density at radius 3 is 2.47 bits per heavy atom. The average molecular weight is 709 g/mol. The molecule has 7 nitrogen and oxygen atoms in total. The molecule has 0 aliphatic heterocycles. The summed E-state index contributed by atoms with van der Waals surface area (Å²) in [5, 5.41) is 7.60. The van der Waals surface area contributed by atoms with Gasteiger partial charge in [-0.05, 0) is 98.4 Å². The molecule has 11 heteroatoms. The Kier molecular flexibility index (Phi) is 9.11. The average Bonchev–Trinajstić information content (AvgIpc) is 2.88. The first-order chi connectivity index (χ1) is 18.2. The molecule has 0 spiro atoms. The summed E-state index contributed by atoms with van der Waals surface area (Å²) in [5.41, 5.74) is 1.51. The van der Waals surface area contributed by atoms with E-state index in [1.165, 1.54) is 28.9 Å². The number of nitrogens with one attached hydrogen (secondary N) is 1. The number of aromatic nitrogens is 2. The van der Waals surface area contributed by atoms with E-state index in [0.717, 1.165) is 10.9 Å². The predicted octanol–water partition coefficient (Wildman–Crippen LogP) is 7.24. The summed E-state index contributed by atoms with van der Waals surface area (Å²) in [7, 11) is 0. The summed E-state index contributed by atoms with van der Waals surface area (Å²) in [4.78, 5) is 30.3. The second-order valence-electron chi connectivity index (χ2n) is 8.46. The summed E-state index contributed by atoms with van der Waals surface area (Å²) in [6.07, 6.45) is 2.36. The van der Waals surface area contributed by atoms with Crippen molar-refractivity contribution in [3.05, 3.63) is 95.6 Å². The van der Waals surface area contributed by atoms with E-state index in [1.807, 2.05) is 26.0 Å². The van der Waals surface area contributed by atoms with Crippen LogP contribution < -0.4 is 15.6 Å². The van der Waals surface area contributed by atoms with Gasteiger partial charge < -0.3 is 10.1 Å². The van der Waals surface area contributed by atoms with Gasteiger partial charge in [-0.3, -0.25) is 9.59 Å². The maximum Gasteiger partial charge on any atom is 0.282 e. The minimum absolute atomic E-state index is 0.0169. The van der Waals surface area contributed by atoms with Gasteiger partial charge in [0.2, 0.25) is 0 Å². The van der Waals surface area contributed by atoms with E-state index in [0.29, 0.717) is 42.7 Å². The molecule has 0 saturated heterocycles. The van der Waals surface area contributed by atoms with Crippen LogP contribution in [0, 0.1) is 5.82 Å². The van der Waals surface area contributed by atoms with Crippen molar-refractivity contribution in [2.24, 2.45) is 5.10 Å². The van der Waals surface area contributed by atoms with Crippen LogP contribution in [-0.4, -0.2) is 28.4 Å². The van der Waals surface area contributed by atoms with E-state index < -0.39 is 5.91 Å². The van der Waals surface area contributed by atoms with Crippen molar-refractivity contribution in [3.63, 3.8) is 0 Å². The minimum Gasteiger partial charge on any atom is -0.481 e. The molecule has 0 bridgehead atoms. The molecule has 1 amide bonds. The number of ether oxygens (including phenoxy) is 1. The zero-order valence-electron chi connectivity index (χ0n) is 20.3. The highest BCUT2D eigenvalue weighted by Gasteiger charge is 2.16. The molecule has 38 heavy (non-hydrogen) atoms. The van der Waals surface area contributed by atoms with Crippen molar-refractivity contribution in [1.82, 2.24) is 9.66 Å². The van der Waals surface area contributed by atoms with Crippen molar-refractivity contribution in [3.8, 4) is 5.75 Å². The summed E-state index contributed by atoms with van der Waals surface area (Å²) in [6, 6.07) is 14.4. The lowest BCUT2D eigenvalue weighted by Gasteiger charge is -2.14. The molecule has 0 aliphatic carbocycles. The molecule has 196 valence electrons. The van der Waals surface area contributed by atoms with Crippen molar-refractivity contribution < 1.29 is 13.9 Å². The maximum absolute atomic E-state index is 13.3. The number of amides is 1. The first-order valence-corrected chi connectivity index (χ1v) is 14.0. The topological polar surface area (TPSA) is 85.6 Å². The molecule has 0 radical (unpaired) electrons. The van der Waals surface area contributed by atoms with Crippen LogP contribution in [-0.2, 0) is 4.79 Å². The highest BCUT2D eigenvalue weighted by Crippen LogP contribution is 2.34. The van der Waals surface area contributed by atoms with Gasteiger partial charge in [-0.15, -0.1) is 0 Å². The number of carbonyl (C=O) groups excluding carboxylic acids is 1. The first-order valence-electron chi connectivity index (χ1n) is 11.6. The second-order valence-corrected chi connectivity index (χ2v) is 11.1. The number of rotatable bonds is 8. The second kappa shape index (κ2) is 12.3. The Hall–Kier alpha value is -2.89. The largest absolute Gasteiger partial charge is 0.481 e. The zero-order valence-corrected chi connectivity index (χ0v) is 25.1. The number of nitrogens with zero attached hydrogens (tertiary/aromatic N) is 3. The van der Waals surface area contributed by atoms with Gasteiger partial charge in [0.05, 0.1) is 26.1 Å². The van der Waals surface area contributed by atoms with Gasteiger partial charge in [0.25, 0.3) is 11.5 Å². The minimum atomic E-state index is -0.395. The van der Waals surface area contributed by atoms with Crippen LogP contribution in [0.5, 0.6) is 5.75 Å². The molecular formula is C27H22Br3FN4O3. The predicted molar refractivity (Wildman–Crippen MR) is 158 cm³/mol. The number of halogens is 4. The van der Waals surface area contributed by atoms with Crippen LogP contribution in [0.1, 0.15) is 37.6 Å². The summed E-state index contributed by atoms with van der Waals surface area (Å²) < 4.78 is 22.0. The molecule has 1 atom stereocenters. The van der Waals surface area contributed by atoms with E-state index >= 15 is 0 Å². The van der Waals surface area contributed by atoms with Gasteiger partial charge in [-0.25, -0.2) is 9.37 Å². The van der Waals surface area contributed by atoms with Crippen LogP contribution >= 0.6 is 47.8 Å². The number of benzene rings is 3. The van der Waals surface area contributed by atoms with Crippen LogP contribution in [0.4, 0.5) is 10.1 Å². The number of fused-ring (bicyclic) bond motifs is 1. The van der Waals surface area contributed by atoms with Crippen LogP contribution in [0.15, 0.2) is 77.9 Å². The Morgan fingerprint density at radius 2 is 1.82 bits per heavy atom. The van der Waals surface area contributed by atoms with Crippen molar-refractivity contribution in [1.29, 1.82) is 0 Å². The lowest BCUT2D eigenvalue weighted by atomic mass is 10.1. The molecule has 0 aliphatic rings. The Morgan fingerprint density at radius 1 is 1.13 bits per heavy atom. The Bertz CT molecular complexity index is 1570. The lowest BCUT2D eigenvalue weighted by Crippen LogP contribution is -2.23. The van der Waals surface area contributed by atoms with Crippen LogP contribution in [0.2, 0.25) is 0 Å². The third-order valence-electron chi connectivity index (χ3n) is 5.70. The smallest absolute Gasteiger partial charge is 0.282 e. The third-order valence-corrected chi connectivity index (χ3v) is 7.38. The van der Waals surface area contributed by atoms with Gasteiger partial charge in [0.15, 0.2) is 6.61 Å². The standard InChI is InChI=1S/C27H22Br3FN4O3/c1-3-15(2)26-34-23-9-4-17(28)12-20(23)27(37)35(26)32-13-16-10-21(29)25(22(30)11-16)38-14-24(36)33-19-7-5-18(31)6-8-19/h4-13,15H,3,14H2,1-2H3,(H,33,36)/t15-/m0/s1. The Balaban J connectivity index is 1.57. The van der Waals surface area contributed by atoms with Gasteiger partial charge in [0.1, 0.15) is 17.4 Å². The first kappa shape index (κ1) is 28.1. The van der Waals surface area contributed by atoms with E-state index in [4.69, 9.17) is 9.72 Å². The van der Waals surface area contributed by atoms with Gasteiger partial charge >= 0.3 is 0 Å². The van der Waals surface area contributed by atoms with Crippen LogP contribution in [0.3, 0.4) is 0 Å². The molecule has 0 saturated carbocycles. The van der Waals surface area contributed by atoms with Gasteiger partial charge in [-0.2, -0.15) is 9.78 Å². The van der Waals surface area contributed by atoms with Gasteiger partial charge in [0, 0.05) is 16.1 Å². The molecule has 4 rings (SSSR count). The Labute approximate surface area is 243 Å². The third kappa shape index (κ3) is 6.57. The molecule has 4 aromatic rings. The fourth-order valence-corrected chi connectivity index (χ4v) is 5.38. The SMILES string of the molecule is CC[C@H](C)c1nc2ccc(Br)cc2c(=O)n1N=Cc1cc(Br)c(OCC(=O)Nc2ccc(F)cc2)c(Br)c1. The van der Waals surface area contributed by atoms with E-state index in [9.17, 15) is 14.0 Å². The maximum atomic E-state index is 13.3. The summed E-state index contributed by atoms with van der Waals surface area (Å²) in [6.45, 7) is 3.78. The fraction of sp³-hybridized carbons (Fsp3) is 0.185. The molecular weight excluding hydrogens is 687 g/mol. The highest BCUT2D eigenvalue weighted by molar-refractivity contribution is 9.11. The number of carbonyl (C=O) groups is 1. The fourth-order valence-electron chi connectivity index (χ4n) is 3.56. The molecule has 1 N–H and O–H groups in total. The van der Waals surface area contributed by atoms with Crippen molar-refractivity contribution >= 4 is 76.5 Å². The molecule has 1 heterocycles. The van der Waals surface area contributed by atoms with E-state index in [2.05, 4.69) is 58.2 Å². The molecule has 0 unspecified atom stereocenters.